The number of carbonyl (C=O) groups is 2. The summed E-state index contributed by atoms with van der Waals surface area (Å²) >= 11 is 0. The van der Waals surface area contributed by atoms with Crippen LogP contribution in [0.2, 0.25) is 0 Å². The molecule has 0 aliphatic heterocycles. The fourth-order valence-corrected chi connectivity index (χ4v) is 2.02. The van der Waals surface area contributed by atoms with E-state index in [9.17, 15) is 14.0 Å². The number of hydrogen-bond acceptors (Lipinski definition) is 3. The molecule has 0 bridgehead atoms. The van der Waals surface area contributed by atoms with E-state index >= 15 is 0 Å². The second-order valence-electron chi connectivity index (χ2n) is 4.91. The monoisotopic (exact) mass is 316 g/mol. The number of rotatable bonds is 5. The summed E-state index contributed by atoms with van der Waals surface area (Å²) in [6, 6.07) is 10.7. The fourth-order valence-electron chi connectivity index (χ4n) is 2.02. The largest absolute Gasteiger partial charge is 0.495 e. The number of amides is 2. The third-order valence-electron chi connectivity index (χ3n) is 3.14. The molecule has 0 spiro atoms. The van der Waals surface area contributed by atoms with E-state index in [-0.39, 0.29) is 11.6 Å². The molecule has 0 saturated carbocycles. The van der Waals surface area contributed by atoms with Crippen LogP contribution >= 0.6 is 0 Å². The number of halogens is 1. The van der Waals surface area contributed by atoms with Crippen LogP contribution < -0.4 is 15.4 Å². The molecule has 0 saturated heterocycles. The highest BCUT2D eigenvalue weighted by molar-refractivity contribution is 6.05. The van der Waals surface area contributed by atoms with Gasteiger partial charge in [0.25, 0.3) is 5.91 Å². The summed E-state index contributed by atoms with van der Waals surface area (Å²) in [5.74, 6) is -0.641. The second kappa shape index (κ2) is 7.40. The molecule has 2 aromatic carbocycles. The summed E-state index contributed by atoms with van der Waals surface area (Å²) in [5.41, 5.74) is 1.45. The molecule has 0 heterocycles. The average Bonchev–Trinajstić information content (AvgIpc) is 2.53. The maximum atomic E-state index is 13.3. The number of nitrogens with one attached hydrogen (secondary N) is 2. The van der Waals surface area contributed by atoms with E-state index in [0.29, 0.717) is 17.9 Å². The van der Waals surface area contributed by atoms with E-state index in [0.717, 1.165) is 5.56 Å². The maximum Gasteiger partial charge on any atom is 0.255 e. The van der Waals surface area contributed by atoms with Crippen molar-refractivity contribution in [3.63, 3.8) is 0 Å². The first-order valence-corrected chi connectivity index (χ1v) is 6.98. The van der Waals surface area contributed by atoms with E-state index in [1.165, 1.54) is 32.2 Å². The van der Waals surface area contributed by atoms with Gasteiger partial charge in [-0.2, -0.15) is 0 Å². The first-order valence-electron chi connectivity index (χ1n) is 6.98. The van der Waals surface area contributed by atoms with E-state index in [1.807, 2.05) is 0 Å². The first kappa shape index (κ1) is 16.5. The Hall–Kier alpha value is -2.89. The lowest BCUT2D eigenvalue weighted by Gasteiger charge is -2.11. The Morgan fingerprint density at radius 3 is 2.65 bits per heavy atom. The predicted molar refractivity (Wildman–Crippen MR) is 84.9 cm³/mol. The van der Waals surface area contributed by atoms with E-state index in [2.05, 4.69) is 10.6 Å². The minimum Gasteiger partial charge on any atom is -0.495 e. The zero-order valence-electron chi connectivity index (χ0n) is 12.9. The Bertz CT molecular complexity index is 732. The molecule has 0 unspecified atom stereocenters. The summed E-state index contributed by atoms with van der Waals surface area (Å²) in [7, 11) is 1.44. The number of benzene rings is 2. The molecule has 2 rings (SSSR count). The van der Waals surface area contributed by atoms with Gasteiger partial charge in [0.1, 0.15) is 11.6 Å². The van der Waals surface area contributed by atoms with Crippen molar-refractivity contribution in [3.05, 3.63) is 59.4 Å². The van der Waals surface area contributed by atoms with Gasteiger partial charge in [-0.15, -0.1) is 0 Å². The molecule has 0 fully saturated rings. The third-order valence-corrected chi connectivity index (χ3v) is 3.14. The minimum absolute atomic E-state index is 0.149. The van der Waals surface area contributed by atoms with Crippen molar-refractivity contribution in [2.75, 3.05) is 12.4 Å². The molecule has 23 heavy (non-hydrogen) atoms. The van der Waals surface area contributed by atoms with Gasteiger partial charge in [0.05, 0.1) is 12.8 Å². The van der Waals surface area contributed by atoms with Crippen LogP contribution in [-0.2, 0) is 11.3 Å². The molecule has 0 radical (unpaired) electrons. The Morgan fingerprint density at radius 1 is 1.17 bits per heavy atom. The lowest BCUT2D eigenvalue weighted by Crippen LogP contribution is -2.19. The zero-order chi connectivity index (χ0) is 16.8. The number of ether oxygens (including phenoxy) is 1. The second-order valence-corrected chi connectivity index (χ2v) is 4.91. The van der Waals surface area contributed by atoms with Crippen molar-refractivity contribution in [2.45, 2.75) is 13.5 Å². The molecular formula is C17H17FN2O3. The number of anilines is 1. The van der Waals surface area contributed by atoms with Crippen LogP contribution in [-0.4, -0.2) is 18.9 Å². The highest BCUT2D eigenvalue weighted by Crippen LogP contribution is 2.25. The van der Waals surface area contributed by atoms with Gasteiger partial charge in [-0.3, -0.25) is 9.59 Å². The number of methoxy groups -OCH3 is 1. The third kappa shape index (κ3) is 4.54. The SMILES string of the molecule is COc1ccc(F)cc1NC(=O)c1cccc(CNC(C)=O)c1. The van der Waals surface area contributed by atoms with Gasteiger partial charge in [-0.25, -0.2) is 4.39 Å². The van der Waals surface area contributed by atoms with Crippen LogP contribution in [0.15, 0.2) is 42.5 Å². The molecule has 2 N–H and O–H groups in total. The van der Waals surface area contributed by atoms with Crippen LogP contribution in [0.3, 0.4) is 0 Å². The number of carbonyl (C=O) groups excluding carboxylic acids is 2. The topological polar surface area (TPSA) is 67.4 Å². The molecule has 6 heteroatoms. The first-order chi connectivity index (χ1) is 11.0. The molecular weight excluding hydrogens is 299 g/mol. The molecule has 0 aliphatic carbocycles. The van der Waals surface area contributed by atoms with Gasteiger partial charge in [0.15, 0.2) is 0 Å². The Kier molecular flexibility index (Phi) is 5.30. The van der Waals surface area contributed by atoms with Crippen LogP contribution in [0.4, 0.5) is 10.1 Å². The quantitative estimate of drug-likeness (QED) is 0.891. The molecule has 0 aromatic heterocycles. The standard InChI is InChI=1S/C17H17FN2O3/c1-11(21)19-10-12-4-3-5-13(8-12)17(22)20-15-9-14(18)6-7-16(15)23-2/h3-9H,10H2,1-2H3,(H,19,21)(H,20,22). The van der Waals surface area contributed by atoms with E-state index in [4.69, 9.17) is 4.74 Å². The summed E-state index contributed by atoms with van der Waals surface area (Å²) in [5, 5.41) is 5.28. The van der Waals surface area contributed by atoms with Crippen LogP contribution in [0, 0.1) is 5.82 Å². The van der Waals surface area contributed by atoms with Gasteiger partial charge in [-0.05, 0) is 29.8 Å². The molecule has 120 valence electrons. The van der Waals surface area contributed by atoms with Crippen molar-refractivity contribution in [2.24, 2.45) is 0 Å². The number of hydrogen-bond donors (Lipinski definition) is 2. The van der Waals surface area contributed by atoms with Crippen molar-refractivity contribution >= 4 is 17.5 Å². The molecule has 2 amide bonds. The van der Waals surface area contributed by atoms with Gasteiger partial charge in [-0.1, -0.05) is 12.1 Å². The highest BCUT2D eigenvalue weighted by Gasteiger charge is 2.11. The van der Waals surface area contributed by atoms with Crippen LogP contribution in [0.25, 0.3) is 0 Å². The van der Waals surface area contributed by atoms with Crippen molar-refractivity contribution in [1.29, 1.82) is 0 Å². The maximum absolute atomic E-state index is 13.3. The molecule has 0 atom stereocenters. The fraction of sp³-hybridized carbons (Fsp3) is 0.176. The molecule has 2 aromatic rings. The van der Waals surface area contributed by atoms with Gasteiger partial charge in [0.2, 0.25) is 5.91 Å². The lowest BCUT2D eigenvalue weighted by molar-refractivity contribution is -0.119. The smallest absolute Gasteiger partial charge is 0.255 e. The molecule has 5 nitrogen and oxygen atoms in total. The molecule has 0 aliphatic rings. The highest BCUT2D eigenvalue weighted by atomic mass is 19.1. The summed E-state index contributed by atoms with van der Waals surface area (Å²) in [6.45, 7) is 1.76. The van der Waals surface area contributed by atoms with Crippen LogP contribution in [0.1, 0.15) is 22.8 Å². The van der Waals surface area contributed by atoms with Crippen molar-refractivity contribution in [1.82, 2.24) is 5.32 Å². The predicted octanol–water partition coefficient (Wildman–Crippen LogP) is 2.72. The Balaban J connectivity index is 2.16. The summed E-state index contributed by atoms with van der Waals surface area (Å²) in [6.07, 6.45) is 0. The van der Waals surface area contributed by atoms with Gasteiger partial charge >= 0.3 is 0 Å². The lowest BCUT2D eigenvalue weighted by atomic mass is 10.1. The normalized spacial score (nSPS) is 10.0. The Labute approximate surface area is 133 Å². The summed E-state index contributed by atoms with van der Waals surface area (Å²) in [4.78, 5) is 23.2. The average molecular weight is 316 g/mol. The van der Waals surface area contributed by atoms with E-state index < -0.39 is 11.7 Å². The van der Waals surface area contributed by atoms with Gasteiger partial charge in [0, 0.05) is 25.1 Å². The van der Waals surface area contributed by atoms with Crippen molar-refractivity contribution < 1.29 is 18.7 Å². The van der Waals surface area contributed by atoms with E-state index in [1.54, 1.807) is 24.3 Å². The van der Waals surface area contributed by atoms with Crippen molar-refractivity contribution in [3.8, 4) is 5.75 Å². The minimum atomic E-state index is -0.472. The summed E-state index contributed by atoms with van der Waals surface area (Å²) < 4.78 is 18.4. The van der Waals surface area contributed by atoms with Crippen LogP contribution in [0.5, 0.6) is 5.75 Å². The van der Waals surface area contributed by atoms with Gasteiger partial charge < -0.3 is 15.4 Å². The zero-order valence-corrected chi connectivity index (χ0v) is 12.9. The Morgan fingerprint density at radius 2 is 1.96 bits per heavy atom.